The molecule has 4 heteroatoms. The minimum absolute atomic E-state index is 0.0668. The molecule has 0 spiro atoms. The minimum atomic E-state index is 0.0668. The summed E-state index contributed by atoms with van der Waals surface area (Å²) in [6, 6.07) is 0. The summed E-state index contributed by atoms with van der Waals surface area (Å²) in [6.45, 7) is 8.76. The van der Waals surface area contributed by atoms with Crippen molar-refractivity contribution in [3.63, 3.8) is 0 Å². The smallest absolute Gasteiger partial charge is 0.160 e. The van der Waals surface area contributed by atoms with Crippen LogP contribution in [0.15, 0.2) is 6.20 Å². The summed E-state index contributed by atoms with van der Waals surface area (Å²) in [5, 5.41) is 7.71. The number of hydrogen-bond donors (Lipinski definition) is 1. The van der Waals surface area contributed by atoms with E-state index >= 15 is 0 Å². The van der Waals surface area contributed by atoms with Crippen molar-refractivity contribution in [3.05, 3.63) is 11.9 Å². The van der Waals surface area contributed by atoms with Crippen LogP contribution in [0.1, 0.15) is 39.3 Å². The standard InChI is InChI=1S/C13H25N3O/c1-6-8-14-9-7-13(2,3)12-11(17-5)10-15-16(12)4/h10,14H,6-9H2,1-5H3. The van der Waals surface area contributed by atoms with Crippen molar-refractivity contribution in [1.82, 2.24) is 15.1 Å². The SMILES string of the molecule is CCCNCCC(C)(C)c1c(OC)cnn1C. The zero-order valence-corrected chi connectivity index (χ0v) is 11.7. The van der Waals surface area contributed by atoms with Crippen LogP contribution in [0.5, 0.6) is 5.75 Å². The van der Waals surface area contributed by atoms with E-state index in [0.29, 0.717) is 0 Å². The first-order chi connectivity index (χ1) is 8.03. The molecule has 0 amide bonds. The Morgan fingerprint density at radius 2 is 2.12 bits per heavy atom. The van der Waals surface area contributed by atoms with E-state index < -0.39 is 0 Å². The van der Waals surface area contributed by atoms with E-state index in [2.05, 4.69) is 31.2 Å². The van der Waals surface area contributed by atoms with E-state index in [-0.39, 0.29) is 5.41 Å². The molecule has 4 nitrogen and oxygen atoms in total. The molecule has 98 valence electrons. The lowest BCUT2D eigenvalue weighted by atomic mass is 9.85. The van der Waals surface area contributed by atoms with E-state index in [1.165, 1.54) is 12.1 Å². The molecule has 0 saturated heterocycles. The first-order valence-electron chi connectivity index (χ1n) is 6.30. The fraction of sp³-hybridized carbons (Fsp3) is 0.769. The van der Waals surface area contributed by atoms with Crippen LogP contribution in [0.4, 0.5) is 0 Å². The number of ether oxygens (including phenoxy) is 1. The highest BCUT2D eigenvalue weighted by Gasteiger charge is 2.27. The first-order valence-corrected chi connectivity index (χ1v) is 6.30. The van der Waals surface area contributed by atoms with E-state index in [0.717, 1.165) is 25.3 Å². The first kappa shape index (κ1) is 14.0. The van der Waals surface area contributed by atoms with E-state index in [1.54, 1.807) is 13.3 Å². The van der Waals surface area contributed by atoms with Gasteiger partial charge < -0.3 is 10.1 Å². The monoisotopic (exact) mass is 239 g/mol. The van der Waals surface area contributed by atoms with Gasteiger partial charge in [-0.1, -0.05) is 20.8 Å². The Morgan fingerprint density at radius 1 is 1.41 bits per heavy atom. The van der Waals surface area contributed by atoms with Crippen molar-refractivity contribution >= 4 is 0 Å². The lowest BCUT2D eigenvalue weighted by Crippen LogP contribution is -2.28. The molecule has 17 heavy (non-hydrogen) atoms. The summed E-state index contributed by atoms with van der Waals surface area (Å²) in [5.41, 5.74) is 1.23. The van der Waals surface area contributed by atoms with Crippen molar-refractivity contribution in [2.24, 2.45) is 7.05 Å². The number of rotatable bonds is 7. The Bertz CT molecular complexity index is 344. The molecule has 0 unspecified atom stereocenters. The molecule has 1 N–H and O–H groups in total. The fourth-order valence-electron chi connectivity index (χ4n) is 2.16. The lowest BCUT2D eigenvalue weighted by Gasteiger charge is -2.26. The fourth-order valence-corrected chi connectivity index (χ4v) is 2.16. The van der Waals surface area contributed by atoms with Gasteiger partial charge in [-0.3, -0.25) is 4.68 Å². The summed E-state index contributed by atoms with van der Waals surface area (Å²) < 4.78 is 7.29. The molecule has 0 saturated carbocycles. The maximum atomic E-state index is 5.38. The van der Waals surface area contributed by atoms with Gasteiger partial charge in [-0.05, 0) is 25.9 Å². The summed E-state index contributed by atoms with van der Waals surface area (Å²) in [6.07, 6.45) is 4.04. The summed E-state index contributed by atoms with van der Waals surface area (Å²) in [4.78, 5) is 0. The Morgan fingerprint density at radius 3 is 2.71 bits per heavy atom. The van der Waals surface area contributed by atoms with Gasteiger partial charge in [-0.2, -0.15) is 5.10 Å². The third-order valence-corrected chi connectivity index (χ3v) is 3.12. The molecule has 1 aromatic rings. The Kier molecular flexibility index (Phi) is 5.00. The average molecular weight is 239 g/mol. The van der Waals surface area contributed by atoms with E-state index in [4.69, 9.17) is 4.74 Å². The molecule has 0 aliphatic rings. The van der Waals surface area contributed by atoms with E-state index in [1.807, 2.05) is 11.7 Å². The maximum absolute atomic E-state index is 5.38. The molecule has 1 aromatic heterocycles. The third kappa shape index (κ3) is 3.46. The molecule has 0 radical (unpaired) electrons. The molecule has 0 bridgehead atoms. The molecule has 0 fully saturated rings. The van der Waals surface area contributed by atoms with E-state index in [9.17, 15) is 0 Å². The van der Waals surface area contributed by atoms with Gasteiger partial charge in [0.25, 0.3) is 0 Å². The predicted octanol–water partition coefficient (Wildman–Crippen LogP) is 2.10. The summed E-state index contributed by atoms with van der Waals surface area (Å²) >= 11 is 0. The molecule has 0 aliphatic carbocycles. The number of nitrogens with zero attached hydrogens (tertiary/aromatic N) is 2. The number of aromatic nitrogens is 2. The van der Waals surface area contributed by atoms with Crippen molar-refractivity contribution in [3.8, 4) is 5.75 Å². The van der Waals surface area contributed by atoms with Gasteiger partial charge in [0.15, 0.2) is 5.75 Å². The highest BCUT2D eigenvalue weighted by Crippen LogP contribution is 2.33. The summed E-state index contributed by atoms with van der Waals surface area (Å²) in [5.74, 6) is 0.882. The van der Waals surface area contributed by atoms with Gasteiger partial charge in [0.2, 0.25) is 0 Å². The van der Waals surface area contributed by atoms with Gasteiger partial charge >= 0.3 is 0 Å². The van der Waals surface area contributed by atoms with Crippen molar-refractivity contribution < 1.29 is 4.74 Å². The summed E-state index contributed by atoms with van der Waals surface area (Å²) in [7, 11) is 3.67. The van der Waals surface area contributed by atoms with Crippen LogP contribution in [-0.2, 0) is 12.5 Å². The van der Waals surface area contributed by atoms with Gasteiger partial charge in [-0.15, -0.1) is 0 Å². The molecular weight excluding hydrogens is 214 g/mol. The quantitative estimate of drug-likeness (QED) is 0.741. The van der Waals surface area contributed by atoms with Crippen LogP contribution in [0.25, 0.3) is 0 Å². The number of methoxy groups -OCH3 is 1. The molecule has 0 atom stereocenters. The van der Waals surface area contributed by atoms with Crippen molar-refractivity contribution in [2.75, 3.05) is 20.2 Å². The molecule has 1 heterocycles. The topological polar surface area (TPSA) is 39.1 Å². The zero-order valence-electron chi connectivity index (χ0n) is 11.7. The highest BCUT2D eigenvalue weighted by atomic mass is 16.5. The molecule has 1 rings (SSSR count). The van der Waals surface area contributed by atoms with Crippen molar-refractivity contribution in [1.29, 1.82) is 0 Å². The normalized spacial score (nSPS) is 11.8. The third-order valence-electron chi connectivity index (χ3n) is 3.12. The number of hydrogen-bond acceptors (Lipinski definition) is 3. The molecular formula is C13H25N3O. The largest absolute Gasteiger partial charge is 0.493 e. The predicted molar refractivity (Wildman–Crippen MR) is 70.6 cm³/mol. The number of aryl methyl sites for hydroxylation is 1. The van der Waals surface area contributed by atoms with Gasteiger partial charge in [-0.25, -0.2) is 0 Å². The maximum Gasteiger partial charge on any atom is 0.160 e. The molecule has 0 aromatic carbocycles. The Balaban J connectivity index is 2.70. The Labute approximate surface area is 104 Å². The van der Waals surface area contributed by atoms with Gasteiger partial charge in [0.05, 0.1) is 19.0 Å². The van der Waals surface area contributed by atoms with Crippen LogP contribution >= 0.6 is 0 Å². The second-order valence-corrected chi connectivity index (χ2v) is 5.07. The van der Waals surface area contributed by atoms with Gasteiger partial charge in [0.1, 0.15) is 0 Å². The number of nitrogens with one attached hydrogen (secondary N) is 1. The second kappa shape index (κ2) is 6.05. The van der Waals surface area contributed by atoms with Crippen LogP contribution in [-0.4, -0.2) is 30.0 Å². The molecule has 0 aliphatic heterocycles. The van der Waals surface area contributed by atoms with Crippen LogP contribution in [0.3, 0.4) is 0 Å². The zero-order chi connectivity index (χ0) is 12.9. The van der Waals surface area contributed by atoms with Crippen molar-refractivity contribution in [2.45, 2.75) is 39.0 Å². The highest BCUT2D eigenvalue weighted by molar-refractivity contribution is 5.31. The lowest BCUT2D eigenvalue weighted by molar-refractivity contribution is 0.370. The second-order valence-electron chi connectivity index (χ2n) is 5.07. The van der Waals surface area contributed by atoms with Gasteiger partial charge in [0, 0.05) is 12.5 Å². The average Bonchev–Trinajstić information content (AvgIpc) is 2.66. The Hall–Kier alpha value is -1.03. The van der Waals surface area contributed by atoms with Crippen LogP contribution in [0.2, 0.25) is 0 Å². The minimum Gasteiger partial charge on any atom is -0.493 e. The van der Waals surface area contributed by atoms with Crippen LogP contribution < -0.4 is 10.1 Å². The van der Waals surface area contributed by atoms with Crippen LogP contribution in [0, 0.1) is 0 Å².